The second-order valence-electron chi connectivity index (χ2n) is 4.69. The Bertz CT molecular complexity index is 375. The van der Waals surface area contributed by atoms with Crippen molar-refractivity contribution in [3.05, 3.63) is 12.4 Å². The van der Waals surface area contributed by atoms with Crippen molar-refractivity contribution in [1.29, 1.82) is 0 Å². The number of anilines is 2. The van der Waals surface area contributed by atoms with Crippen LogP contribution in [0.1, 0.15) is 20.3 Å². The van der Waals surface area contributed by atoms with E-state index in [0.717, 1.165) is 32.0 Å². The molecule has 0 aromatic carbocycles. The Morgan fingerprint density at radius 1 is 1.33 bits per heavy atom. The predicted octanol–water partition coefficient (Wildman–Crippen LogP) is 0.683. The highest BCUT2D eigenvalue weighted by atomic mass is 15.3. The van der Waals surface area contributed by atoms with Gasteiger partial charge in [-0.2, -0.15) is 0 Å². The maximum atomic E-state index is 5.35. The van der Waals surface area contributed by atoms with E-state index >= 15 is 0 Å². The zero-order chi connectivity index (χ0) is 13.0. The largest absolute Gasteiger partial charge is 0.353 e. The Morgan fingerprint density at radius 3 is 2.67 bits per heavy atom. The summed E-state index contributed by atoms with van der Waals surface area (Å²) in [5.41, 5.74) is 2.53. The third-order valence-electron chi connectivity index (χ3n) is 3.62. The Labute approximate surface area is 108 Å². The standard InChI is InChI=1S/C12H22N6/c1-3-10(2)17-4-6-18(7-5-17)12-9-14-8-11(15-12)16-13/h8-10H,3-7,13H2,1-2H3,(H,15,16). The number of nitrogens with one attached hydrogen (secondary N) is 1. The summed E-state index contributed by atoms with van der Waals surface area (Å²) in [6.07, 6.45) is 4.62. The fraction of sp³-hybridized carbons (Fsp3) is 0.667. The summed E-state index contributed by atoms with van der Waals surface area (Å²) in [5, 5.41) is 0. The van der Waals surface area contributed by atoms with Crippen molar-refractivity contribution < 1.29 is 0 Å². The van der Waals surface area contributed by atoms with Crippen molar-refractivity contribution in [3.63, 3.8) is 0 Å². The van der Waals surface area contributed by atoms with Gasteiger partial charge in [-0.3, -0.25) is 9.88 Å². The molecule has 0 bridgehead atoms. The maximum absolute atomic E-state index is 5.35. The minimum absolute atomic E-state index is 0.608. The van der Waals surface area contributed by atoms with Crippen molar-refractivity contribution in [2.75, 3.05) is 36.5 Å². The van der Waals surface area contributed by atoms with Crippen molar-refractivity contribution in [2.24, 2.45) is 5.84 Å². The number of nitrogen functional groups attached to an aromatic ring is 1. The Balaban J connectivity index is 1.96. The Hall–Kier alpha value is -1.40. The molecule has 18 heavy (non-hydrogen) atoms. The molecule has 1 aromatic heterocycles. The molecule has 0 saturated carbocycles. The van der Waals surface area contributed by atoms with Gasteiger partial charge in [-0.25, -0.2) is 10.8 Å². The van der Waals surface area contributed by atoms with Gasteiger partial charge in [0.2, 0.25) is 0 Å². The van der Waals surface area contributed by atoms with Gasteiger partial charge in [0, 0.05) is 32.2 Å². The molecule has 2 rings (SSSR count). The number of hydrogen-bond donors (Lipinski definition) is 2. The van der Waals surface area contributed by atoms with Gasteiger partial charge >= 0.3 is 0 Å². The monoisotopic (exact) mass is 250 g/mol. The van der Waals surface area contributed by atoms with E-state index in [2.05, 4.69) is 39.0 Å². The number of hydrazine groups is 1. The normalized spacial score (nSPS) is 18.7. The van der Waals surface area contributed by atoms with E-state index in [1.54, 1.807) is 12.4 Å². The molecule has 6 heteroatoms. The highest BCUT2D eigenvalue weighted by Gasteiger charge is 2.21. The number of piperazine rings is 1. The molecule has 1 aliphatic rings. The summed E-state index contributed by atoms with van der Waals surface area (Å²) in [7, 11) is 0. The highest BCUT2D eigenvalue weighted by molar-refractivity contribution is 5.43. The lowest BCUT2D eigenvalue weighted by molar-refractivity contribution is 0.192. The minimum Gasteiger partial charge on any atom is -0.353 e. The molecule has 0 spiro atoms. The lowest BCUT2D eigenvalue weighted by atomic mass is 10.2. The van der Waals surface area contributed by atoms with E-state index in [1.165, 1.54) is 6.42 Å². The molecule has 1 atom stereocenters. The second kappa shape index (κ2) is 5.97. The van der Waals surface area contributed by atoms with Crippen LogP contribution < -0.4 is 16.2 Å². The molecule has 0 radical (unpaired) electrons. The molecule has 1 saturated heterocycles. The number of aromatic nitrogens is 2. The third-order valence-corrected chi connectivity index (χ3v) is 3.62. The summed E-state index contributed by atoms with van der Waals surface area (Å²) >= 11 is 0. The quantitative estimate of drug-likeness (QED) is 0.605. The third kappa shape index (κ3) is 2.88. The summed E-state index contributed by atoms with van der Waals surface area (Å²) in [4.78, 5) is 13.3. The summed E-state index contributed by atoms with van der Waals surface area (Å²) < 4.78 is 0. The summed E-state index contributed by atoms with van der Waals surface area (Å²) in [5.74, 6) is 6.85. The molecular weight excluding hydrogens is 228 g/mol. The van der Waals surface area contributed by atoms with Crippen LogP contribution in [0.15, 0.2) is 12.4 Å². The van der Waals surface area contributed by atoms with E-state index in [9.17, 15) is 0 Å². The number of hydrogen-bond acceptors (Lipinski definition) is 6. The van der Waals surface area contributed by atoms with Gasteiger partial charge in [0.05, 0.1) is 12.4 Å². The molecule has 0 amide bonds. The second-order valence-corrected chi connectivity index (χ2v) is 4.69. The first-order valence-corrected chi connectivity index (χ1v) is 6.52. The van der Waals surface area contributed by atoms with Crippen LogP contribution in [-0.4, -0.2) is 47.1 Å². The van der Waals surface area contributed by atoms with Crippen LogP contribution in [0.2, 0.25) is 0 Å². The molecule has 0 aliphatic carbocycles. The fourth-order valence-corrected chi connectivity index (χ4v) is 2.23. The Morgan fingerprint density at radius 2 is 2.06 bits per heavy atom. The van der Waals surface area contributed by atoms with Crippen LogP contribution in [0, 0.1) is 0 Å². The Kier molecular flexibility index (Phi) is 4.33. The molecule has 2 heterocycles. The van der Waals surface area contributed by atoms with Crippen molar-refractivity contribution >= 4 is 11.6 Å². The molecule has 1 aliphatic heterocycles. The molecule has 3 N–H and O–H groups in total. The average molecular weight is 250 g/mol. The van der Waals surface area contributed by atoms with Gasteiger partial charge in [-0.05, 0) is 13.3 Å². The topological polar surface area (TPSA) is 70.3 Å². The number of nitrogens with two attached hydrogens (primary N) is 1. The van der Waals surface area contributed by atoms with E-state index in [1.807, 2.05) is 0 Å². The van der Waals surface area contributed by atoms with Crippen LogP contribution in [-0.2, 0) is 0 Å². The minimum atomic E-state index is 0.608. The number of nitrogens with zero attached hydrogens (tertiary/aromatic N) is 4. The molecule has 1 unspecified atom stereocenters. The first-order chi connectivity index (χ1) is 8.74. The molecule has 1 aromatic rings. The van der Waals surface area contributed by atoms with Gasteiger partial charge in [-0.1, -0.05) is 6.92 Å². The molecular formula is C12H22N6. The first-order valence-electron chi connectivity index (χ1n) is 6.52. The lowest BCUT2D eigenvalue weighted by Gasteiger charge is -2.38. The zero-order valence-electron chi connectivity index (χ0n) is 11.1. The zero-order valence-corrected chi connectivity index (χ0v) is 11.1. The van der Waals surface area contributed by atoms with E-state index in [-0.39, 0.29) is 0 Å². The average Bonchev–Trinajstić information content (AvgIpc) is 2.46. The van der Waals surface area contributed by atoms with Crippen LogP contribution in [0.4, 0.5) is 11.6 Å². The summed E-state index contributed by atoms with van der Waals surface area (Å²) in [6.45, 7) is 8.67. The smallest absolute Gasteiger partial charge is 0.160 e. The number of rotatable bonds is 4. The lowest BCUT2D eigenvalue weighted by Crippen LogP contribution is -2.49. The van der Waals surface area contributed by atoms with Crippen molar-refractivity contribution in [2.45, 2.75) is 26.3 Å². The van der Waals surface area contributed by atoms with Gasteiger partial charge in [0.1, 0.15) is 5.82 Å². The van der Waals surface area contributed by atoms with Crippen LogP contribution >= 0.6 is 0 Å². The maximum Gasteiger partial charge on any atom is 0.160 e. The fourth-order valence-electron chi connectivity index (χ4n) is 2.23. The van der Waals surface area contributed by atoms with Crippen molar-refractivity contribution in [1.82, 2.24) is 14.9 Å². The van der Waals surface area contributed by atoms with Gasteiger partial charge < -0.3 is 10.3 Å². The van der Waals surface area contributed by atoms with E-state index in [4.69, 9.17) is 5.84 Å². The van der Waals surface area contributed by atoms with E-state index < -0.39 is 0 Å². The first kappa shape index (κ1) is 13.0. The van der Waals surface area contributed by atoms with Gasteiger partial charge in [-0.15, -0.1) is 0 Å². The SMILES string of the molecule is CCC(C)N1CCN(c2cncc(NN)n2)CC1. The van der Waals surface area contributed by atoms with Crippen LogP contribution in [0.5, 0.6) is 0 Å². The van der Waals surface area contributed by atoms with Crippen molar-refractivity contribution in [3.8, 4) is 0 Å². The highest BCUT2D eigenvalue weighted by Crippen LogP contribution is 2.16. The predicted molar refractivity (Wildman–Crippen MR) is 73.4 cm³/mol. The van der Waals surface area contributed by atoms with Gasteiger partial charge in [0.15, 0.2) is 5.82 Å². The molecule has 1 fully saturated rings. The van der Waals surface area contributed by atoms with Crippen LogP contribution in [0.3, 0.4) is 0 Å². The molecule has 6 nitrogen and oxygen atoms in total. The van der Waals surface area contributed by atoms with E-state index in [0.29, 0.717) is 11.9 Å². The molecule has 100 valence electrons. The summed E-state index contributed by atoms with van der Waals surface area (Å²) in [6, 6.07) is 0.662. The van der Waals surface area contributed by atoms with Crippen LogP contribution in [0.25, 0.3) is 0 Å². The van der Waals surface area contributed by atoms with Gasteiger partial charge in [0.25, 0.3) is 0 Å².